The summed E-state index contributed by atoms with van der Waals surface area (Å²) in [7, 11) is 3.85. The standard InChI is InChI=1S/C18H21N5O2/c1-20-11-17(25)23-12-16(24)22(10-15(23)21(20)2)9-14-6-3-5-13-7-4-8-19-18(13)14/h3-8,15H,9-12H2,1-2H3. The third-order valence-corrected chi connectivity index (χ3v) is 5.13. The first-order valence-corrected chi connectivity index (χ1v) is 8.38. The molecule has 4 rings (SSSR count). The SMILES string of the molecule is CN1CC(=O)N2CC(=O)N(Cc3cccc4cccnc34)CC2N1C. The largest absolute Gasteiger partial charge is 0.333 e. The highest BCUT2D eigenvalue weighted by atomic mass is 16.2. The highest BCUT2D eigenvalue weighted by Crippen LogP contribution is 2.23. The van der Waals surface area contributed by atoms with E-state index in [0.29, 0.717) is 19.6 Å². The number of benzene rings is 1. The van der Waals surface area contributed by atoms with Gasteiger partial charge in [-0.3, -0.25) is 14.6 Å². The Morgan fingerprint density at radius 1 is 1.08 bits per heavy atom. The van der Waals surface area contributed by atoms with E-state index in [0.717, 1.165) is 16.5 Å². The number of pyridine rings is 1. The van der Waals surface area contributed by atoms with Crippen LogP contribution in [0.4, 0.5) is 0 Å². The van der Waals surface area contributed by atoms with Crippen LogP contribution in [-0.2, 0) is 16.1 Å². The Bertz CT molecular complexity index is 834. The first-order valence-electron chi connectivity index (χ1n) is 8.38. The molecule has 1 atom stereocenters. The van der Waals surface area contributed by atoms with Gasteiger partial charge in [0, 0.05) is 32.2 Å². The number of aromatic nitrogens is 1. The lowest BCUT2D eigenvalue weighted by atomic mass is 10.1. The van der Waals surface area contributed by atoms with Gasteiger partial charge in [0.05, 0.1) is 18.6 Å². The zero-order valence-electron chi connectivity index (χ0n) is 14.4. The van der Waals surface area contributed by atoms with Crippen LogP contribution < -0.4 is 0 Å². The topological polar surface area (TPSA) is 60.0 Å². The normalized spacial score (nSPS) is 22.6. The fourth-order valence-corrected chi connectivity index (χ4v) is 3.60. The lowest BCUT2D eigenvalue weighted by Crippen LogP contribution is -2.70. The molecular formula is C18H21N5O2. The molecule has 7 nitrogen and oxygen atoms in total. The fourth-order valence-electron chi connectivity index (χ4n) is 3.60. The highest BCUT2D eigenvalue weighted by Gasteiger charge is 2.41. The van der Waals surface area contributed by atoms with Gasteiger partial charge in [-0.05, 0) is 11.6 Å². The zero-order chi connectivity index (χ0) is 17.6. The summed E-state index contributed by atoms with van der Waals surface area (Å²) in [5, 5.41) is 5.00. The molecule has 1 aromatic carbocycles. The maximum atomic E-state index is 12.6. The van der Waals surface area contributed by atoms with Gasteiger partial charge in [-0.2, -0.15) is 0 Å². The van der Waals surface area contributed by atoms with Crippen LogP contribution in [0.1, 0.15) is 5.56 Å². The van der Waals surface area contributed by atoms with Crippen molar-refractivity contribution in [1.29, 1.82) is 0 Å². The lowest BCUT2D eigenvalue weighted by molar-refractivity contribution is -0.184. The minimum absolute atomic E-state index is 0.00503. The average Bonchev–Trinajstić information content (AvgIpc) is 2.61. The second kappa shape index (κ2) is 6.09. The predicted octanol–water partition coefficient (Wildman–Crippen LogP) is 0.524. The van der Waals surface area contributed by atoms with E-state index in [1.54, 1.807) is 11.1 Å². The minimum atomic E-state index is -0.119. The van der Waals surface area contributed by atoms with Gasteiger partial charge < -0.3 is 9.80 Å². The van der Waals surface area contributed by atoms with Crippen LogP contribution in [0.5, 0.6) is 0 Å². The molecular weight excluding hydrogens is 318 g/mol. The number of amides is 2. The third kappa shape index (κ3) is 2.75. The molecule has 0 spiro atoms. The van der Waals surface area contributed by atoms with Crippen molar-refractivity contribution in [3.8, 4) is 0 Å². The van der Waals surface area contributed by atoms with Gasteiger partial charge >= 0.3 is 0 Å². The molecule has 2 aliphatic rings. The molecule has 7 heteroatoms. The lowest BCUT2D eigenvalue weighted by Gasteiger charge is -2.50. The molecule has 0 bridgehead atoms. The second-order valence-electron chi connectivity index (χ2n) is 6.66. The van der Waals surface area contributed by atoms with E-state index in [1.807, 2.05) is 59.3 Å². The number of likely N-dealkylation sites (N-methyl/N-ethyl adjacent to an activating group) is 2. The van der Waals surface area contributed by atoms with Crippen LogP contribution in [0, 0.1) is 0 Å². The Kier molecular flexibility index (Phi) is 3.89. The molecule has 130 valence electrons. The highest BCUT2D eigenvalue weighted by molar-refractivity contribution is 5.88. The predicted molar refractivity (Wildman–Crippen MR) is 93.1 cm³/mol. The van der Waals surface area contributed by atoms with Crippen LogP contribution in [0.2, 0.25) is 0 Å². The van der Waals surface area contributed by atoms with E-state index in [1.165, 1.54) is 0 Å². The van der Waals surface area contributed by atoms with Crippen LogP contribution in [0.15, 0.2) is 36.5 Å². The summed E-state index contributed by atoms with van der Waals surface area (Å²) >= 11 is 0. The first-order chi connectivity index (χ1) is 12.0. The Morgan fingerprint density at radius 3 is 2.72 bits per heavy atom. The Hall–Kier alpha value is -2.51. The molecule has 0 aliphatic carbocycles. The van der Waals surface area contributed by atoms with E-state index in [9.17, 15) is 9.59 Å². The number of para-hydroxylation sites is 1. The van der Waals surface area contributed by atoms with Crippen molar-refractivity contribution in [2.45, 2.75) is 12.7 Å². The number of hydrogen-bond donors (Lipinski definition) is 0. The van der Waals surface area contributed by atoms with Crippen LogP contribution in [-0.4, -0.2) is 76.5 Å². The maximum Gasteiger partial charge on any atom is 0.242 e. The molecule has 1 unspecified atom stereocenters. The van der Waals surface area contributed by atoms with Crippen molar-refractivity contribution in [2.24, 2.45) is 0 Å². The van der Waals surface area contributed by atoms with Gasteiger partial charge in [0.1, 0.15) is 12.7 Å². The average molecular weight is 339 g/mol. The molecule has 2 fully saturated rings. The summed E-state index contributed by atoms with van der Waals surface area (Å²) in [6, 6.07) is 9.96. The first kappa shape index (κ1) is 16.0. The summed E-state index contributed by atoms with van der Waals surface area (Å²) in [5.74, 6) is -0.0130. The smallest absolute Gasteiger partial charge is 0.242 e. The van der Waals surface area contributed by atoms with Crippen molar-refractivity contribution in [1.82, 2.24) is 24.8 Å². The monoisotopic (exact) mass is 339 g/mol. The molecule has 0 saturated carbocycles. The number of hydrazine groups is 1. The summed E-state index contributed by atoms with van der Waals surface area (Å²) in [6.07, 6.45) is 1.65. The molecule has 2 amide bonds. The second-order valence-corrected chi connectivity index (χ2v) is 6.66. The number of rotatable bonds is 2. The molecule has 0 radical (unpaired) electrons. The Balaban J connectivity index is 1.60. The number of carbonyl (C=O) groups excluding carboxylic acids is 2. The molecule has 25 heavy (non-hydrogen) atoms. The van der Waals surface area contributed by atoms with Gasteiger partial charge in [0.2, 0.25) is 11.8 Å². The van der Waals surface area contributed by atoms with Crippen LogP contribution >= 0.6 is 0 Å². The van der Waals surface area contributed by atoms with E-state index in [2.05, 4.69) is 4.98 Å². The van der Waals surface area contributed by atoms with E-state index >= 15 is 0 Å². The fraction of sp³-hybridized carbons (Fsp3) is 0.389. The Morgan fingerprint density at radius 2 is 1.88 bits per heavy atom. The number of nitrogens with zero attached hydrogens (tertiary/aromatic N) is 5. The van der Waals surface area contributed by atoms with Crippen LogP contribution in [0.3, 0.4) is 0 Å². The summed E-state index contributed by atoms with van der Waals surface area (Å²) < 4.78 is 0. The van der Waals surface area contributed by atoms with E-state index in [4.69, 9.17) is 0 Å². The molecule has 3 heterocycles. The number of hydrogen-bond acceptors (Lipinski definition) is 5. The van der Waals surface area contributed by atoms with Gasteiger partial charge in [-0.15, -0.1) is 0 Å². The quantitative estimate of drug-likeness (QED) is 0.799. The molecule has 1 aromatic heterocycles. The Labute approximate surface area is 146 Å². The van der Waals surface area contributed by atoms with E-state index < -0.39 is 0 Å². The number of piperazine rings is 1. The maximum absolute atomic E-state index is 12.6. The van der Waals surface area contributed by atoms with E-state index in [-0.39, 0.29) is 24.5 Å². The minimum Gasteiger partial charge on any atom is -0.333 e. The molecule has 2 aliphatic heterocycles. The summed E-state index contributed by atoms with van der Waals surface area (Å²) in [6.45, 7) is 1.45. The third-order valence-electron chi connectivity index (χ3n) is 5.13. The van der Waals surface area contributed by atoms with Gasteiger partial charge in [0.25, 0.3) is 0 Å². The van der Waals surface area contributed by atoms with Crippen molar-refractivity contribution >= 4 is 22.7 Å². The van der Waals surface area contributed by atoms with Gasteiger partial charge in [-0.25, -0.2) is 10.0 Å². The van der Waals surface area contributed by atoms with Gasteiger partial charge in [0.15, 0.2) is 0 Å². The molecule has 2 aromatic rings. The van der Waals surface area contributed by atoms with Crippen molar-refractivity contribution < 1.29 is 9.59 Å². The van der Waals surface area contributed by atoms with Crippen molar-refractivity contribution in [3.05, 3.63) is 42.1 Å². The molecule has 2 saturated heterocycles. The number of fused-ring (bicyclic) bond motifs is 2. The van der Waals surface area contributed by atoms with Crippen molar-refractivity contribution in [2.75, 3.05) is 33.7 Å². The zero-order valence-corrected chi connectivity index (χ0v) is 14.4. The van der Waals surface area contributed by atoms with Gasteiger partial charge in [-0.1, -0.05) is 24.3 Å². The van der Waals surface area contributed by atoms with Crippen LogP contribution in [0.25, 0.3) is 10.9 Å². The van der Waals surface area contributed by atoms with Crippen molar-refractivity contribution in [3.63, 3.8) is 0 Å². The summed E-state index contributed by atoms with van der Waals surface area (Å²) in [4.78, 5) is 32.8. The number of carbonyl (C=O) groups is 2. The molecule has 0 N–H and O–H groups in total. The summed E-state index contributed by atoms with van der Waals surface area (Å²) in [5.41, 5.74) is 1.95.